The minimum Gasteiger partial charge on any atom is -0.465 e. The monoisotopic (exact) mass is 296 g/mol. The van der Waals surface area contributed by atoms with Gasteiger partial charge in [0.15, 0.2) is 0 Å². The molecular formula is C14H20N2O5. The molecule has 2 aliphatic rings. The second-order valence-electron chi connectivity index (χ2n) is 5.21. The Kier molecular flexibility index (Phi) is 5.19. The molecule has 2 heterocycles. The largest absolute Gasteiger partial charge is 0.465 e. The summed E-state index contributed by atoms with van der Waals surface area (Å²) in [5.74, 6) is -0.749. The van der Waals surface area contributed by atoms with Gasteiger partial charge in [0.1, 0.15) is 12.1 Å². The van der Waals surface area contributed by atoms with Gasteiger partial charge >= 0.3 is 12.1 Å². The topological polar surface area (TPSA) is 95.9 Å². The maximum atomic E-state index is 12.5. The fourth-order valence-corrected chi connectivity index (χ4v) is 2.67. The van der Waals surface area contributed by atoms with Gasteiger partial charge in [-0.3, -0.25) is 4.79 Å². The molecule has 0 aromatic carbocycles. The normalized spacial score (nSPS) is 28.9. The van der Waals surface area contributed by atoms with Crippen LogP contribution in [0.4, 0.5) is 4.79 Å². The zero-order valence-corrected chi connectivity index (χ0v) is 11.8. The molecule has 0 spiro atoms. The minimum atomic E-state index is -1.24. The van der Waals surface area contributed by atoms with E-state index in [1.54, 1.807) is 6.08 Å². The number of carbonyl (C=O) groups is 3. The summed E-state index contributed by atoms with van der Waals surface area (Å²) < 4.78 is 5.19. The van der Waals surface area contributed by atoms with Crippen LogP contribution in [-0.4, -0.2) is 53.2 Å². The number of nitrogens with zero attached hydrogens (tertiary/aromatic N) is 1. The van der Waals surface area contributed by atoms with Gasteiger partial charge in [-0.2, -0.15) is 0 Å². The number of nitrogens with one attached hydrogen (secondary N) is 1. The highest BCUT2D eigenvalue weighted by Gasteiger charge is 2.38. The van der Waals surface area contributed by atoms with Crippen molar-refractivity contribution in [3.63, 3.8) is 0 Å². The molecule has 2 aliphatic heterocycles. The summed E-state index contributed by atoms with van der Waals surface area (Å²) in [5, 5.41) is 11.1. The highest BCUT2D eigenvalue weighted by Crippen LogP contribution is 2.21. The average Bonchev–Trinajstić information content (AvgIpc) is 2.91. The minimum absolute atomic E-state index is 0.295. The van der Waals surface area contributed by atoms with Gasteiger partial charge < -0.3 is 20.1 Å². The van der Waals surface area contributed by atoms with Crippen LogP contribution in [0.15, 0.2) is 12.2 Å². The van der Waals surface area contributed by atoms with Crippen LogP contribution in [0.25, 0.3) is 0 Å². The summed E-state index contributed by atoms with van der Waals surface area (Å²) in [5.41, 5.74) is 0. The Morgan fingerprint density at radius 2 is 2.14 bits per heavy atom. The Labute approximate surface area is 122 Å². The van der Waals surface area contributed by atoms with E-state index in [2.05, 4.69) is 5.32 Å². The number of carbonyl (C=O) groups excluding carboxylic acids is 2. The SMILES string of the molecule is O=C(O)N[C@@H]1C/C=C/CCCOC(=O)[C@@H]2CCCN2C1=O. The summed E-state index contributed by atoms with van der Waals surface area (Å²) in [7, 11) is 0. The lowest BCUT2D eigenvalue weighted by Gasteiger charge is -2.27. The molecule has 116 valence electrons. The number of hydrogen-bond acceptors (Lipinski definition) is 4. The summed E-state index contributed by atoms with van der Waals surface area (Å²) in [6, 6.07) is -1.44. The highest BCUT2D eigenvalue weighted by atomic mass is 16.5. The fraction of sp³-hybridized carbons (Fsp3) is 0.643. The first-order valence-electron chi connectivity index (χ1n) is 7.21. The van der Waals surface area contributed by atoms with Crippen molar-refractivity contribution in [2.45, 2.75) is 44.2 Å². The zero-order valence-electron chi connectivity index (χ0n) is 11.8. The molecule has 2 rings (SSSR count). The molecule has 0 aromatic heterocycles. The van der Waals surface area contributed by atoms with Crippen molar-refractivity contribution in [2.24, 2.45) is 0 Å². The standard InChI is InChI=1S/C14H20N2O5/c17-12-10(15-14(19)20)6-3-1-2-4-9-21-13(18)11-7-5-8-16(11)12/h1,3,10-11,15H,2,4-9H2,(H,19,20)/b3-1+/t10-,11+/m1/s1. The van der Waals surface area contributed by atoms with Gasteiger partial charge in [0.2, 0.25) is 5.91 Å². The number of carboxylic acid groups (broad SMARTS) is 1. The van der Waals surface area contributed by atoms with E-state index in [0.717, 1.165) is 19.3 Å². The van der Waals surface area contributed by atoms with E-state index >= 15 is 0 Å². The van der Waals surface area contributed by atoms with Gasteiger partial charge in [-0.05, 0) is 32.1 Å². The molecule has 2 atom stereocenters. The number of ether oxygens (including phenoxy) is 1. The van der Waals surface area contributed by atoms with E-state index in [0.29, 0.717) is 26.0 Å². The Balaban J connectivity index is 2.18. The van der Waals surface area contributed by atoms with Crippen LogP contribution in [-0.2, 0) is 14.3 Å². The first-order valence-corrected chi connectivity index (χ1v) is 7.21. The molecule has 0 saturated carbocycles. The lowest BCUT2D eigenvalue weighted by molar-refractivity contribution is -0.154. The summed E-state index contributed by atoms with van der Waals surface area (Å²) in [6.07, 6.45) is 5.47. The Morgan fingerprint density at radius 3 is 2.90 bits per heavy atom. The van der Waals surface area contributed by atoms with Crippen molar-refractivity contribution in [3.8, 4) is 0 Å². The second-order valence-corrected chi connectivity index (χ2v) is 5.21. The summed E-state index contributed by atoms with van der Waals surface area (Å²) >= 11 is 0. The number of hydrogen-bond donors (Lipinski definition) is 2. The van der Waals surface area contributed by atoms with Crippen molar-refractivity contribution >= 4 is 18.0 Å². The highest BCUT2D eigenvalue weighted by molar-refractivity contribution is 5.90. The zero-order chi connectivity index (χ0) is 15.2. The molecule has 0 unspecified atom stereocenters. The van der Waals surface area contributed by atoms with Gasteiger partial charge in [0.25, 0.3) is 0 Å². The molecular weight excluding hydrogens is 276 g/mol. The molecule has 1 fully saturated rings. The van der Waals surface area contributed by atoms with E-state index < -0.39 is 18.2 Å². The number of rotatable bonds is 1. The molecule has 0 aliphatic carbocycles. The number of amides is 2. The third kappa shape index (κ3) is 3.96. The quantitative estimate of drug-likeness (QED) is 0.553. The molecule has 21 heavy (non-hydrogen) atoms. The van der Waals surface area contributed by atoms with Gasteiger partial charge in [-0.15, -0.1) is 0 Å². The first kappa shape index (κ1) is 15.3. The van der Waals surface area contributed by atoms with E-state index in [-0.39, 0.29) is 11.9 Å². The van der Waals surface area contributed by atoms with Crippen LogP contribution in [0.3, 0.4) is 0 Å². The van der Waals surface area contributed by atoms with Crippen molar-refractivity contribution < 1.29 is 24.2 Å². The van der Waals surface area contributed by atoms with Gasteiger partial charge in [-0.25, -0.2) is 9.59 Å². The van der Waals surface area contributed by atoms with Crippen LogP contribution in [0.2, 0.25) is 0 Å². The lowest BCUT2D eigenvalue weighted by atomic mass is 10.1. The smallest absolute Gasteiger partial charge is 0.405 e. The third-order valence-electron chi connectivity index (χ3n) is 3.70. The predicted octanol–water partition coefficient (Wildman–Crippen LogP) is 0.897. The maximum absolute atomic E-state index is 12.5. The molecule has 2 N–H and O–H groups in total. The van der Waals surface area contributed by atoms with Gasteiger partial charge in [0, 0.05) is 6.54 Å². The van der Waals surface area contributed by atoms with E-state index in [1.807, 2.05) is 6.08 Å². The van der Waals surface area contributed by atoms with Crippen LogP contribution >= 0.6 is 0 Å². The predicted molar refractivity (Wildman–Crippen MR) is 73.6 cm³/mol. The maximum Gasteiger partial charge on any atom is 0.405 e. The first-order chi connectivity index (χ1) is 10.1. The fourth-order valence-electron chi connectivity index (χ4n) is 2.67. The van der Waals surface area contributed by atoms with E-state index in [1.165, 1.54) is 4.90 Å². The third-order valence-corrected chi connectivity index (χ3v) is 3.70. The molecule has 0 radical (unpaired) electrons. The molecule has 7 heteroatoms. The van der Waals surface area contributed by atoms with Crippen molar-refractivity contribution in [3.05, 3.63) is 12.2 Å². The van der Waals surface area contributed by atoms with Gasteiger partial charge in [0.05, 0.1) is 6.61 Å². The molecule has 2 amide bonds. The van der Waals surface area contributed by atoms with Gasteiger partial charge in [-0.1, -0.05) is 12.2 Å². The van der Waals surface area contributed by atoms with Crippen molar-refractivity contribution in [2.75, 3.05) is 13.2 Å². The molecule has 1 saturated heterocycles. The molecule has 0 bridgehead atoms. The van der Waals surface area contributed by atoms with Crippen LogP contribution in [0.5, 0.6) is 0 Å². The Morgan fingerprint density at radius 1 is 1.33 bits per heavy atom. The lowest BCUT2D eigenvalue weighted by Crippen LogP contribution is -2.51. The Bertz CT molecular complexity index is 449. The number of fused-ring (bicyclic) bond motifs is 1. The van der Waals surface area contributed by atoms with Crippen LogP contribution in [0.1, 0.15) is 32.1 Å². The average molecular weight is 296 g/mol. The number of esters is 1. The molecule has 0 aromatic rings. The van der Waals surface area contributed by atoms with E-state index in [4.69, 9.17) is 9.84 Å². The van der Waals surface area contributed by atoms with Crippen molar-refractivity contribution in [1.29, 1.82) is 0 Å². The molecule has 7 nitrogen and oxygen atoms in total. The number of cyclic esters (lactones) is 1. The van der Waals surface area contributed by atoms with Crippen molar-refractivity contribution in [1.82, 2.24) is 10.2 Å². The number of allylic oxidation sites excluding steroid dienone is 1. The Hall–Kier alpha value is -2.05. The van der Waals surface area contributed by atoms with Crippen LogP contribution in [0, 0.1) is 0 Å². The summed E-state index contributed by atoms with van der Waals surface area (Å²) in [6.45, 7) is 0.804. The summed E-state index contributed by atoms with van der Waals surface area (Å²) in [4.78, 5) is 36.8. The second kappa shape index (κ2) is 7.10. The van der Waals surface area contributed by atoms with E-state index in [9.17, 15) is 14.4 Å². The van der Waals surface area contributed by atoms with Crippen LogP contribution < -0.4 is 5.32 Å².